The molecule has 0 saturated heterocycles. The smallest absolute Gasteiger partial charge is 0.240 e. The molecular weight excluding hydrogens is 292 g/mol. The number of methoxy groups -OCH3 is 2. The van der Waals surface area contributed by atoms with E-state index in [2.05, 4.69) is 15.4 Å². The first-order chi connectivity index (χ1) is 10.2. The Morgan fingerprint density at radius 2 is 2.05 bits per heavy atom. The van der Waals surface area contributed by atoms with Gasteiger partial charge in [-0.05, 0) is 18.1 Å². The van der Waals surface area contributed by atoms with Crippen molar-refractivity contribution in [2.75, 3.05) is 14.2 Å². The van der Waals surface area contributed by atoms with Crippen LogP contribution in [0, 0.1) is 0 Å². The molecule has 1 unspecified atom stereocenters. The zero-order valence-electron chi connectivity index (χ0n) is 11.8. The molecule has 2 rings (SSSR count). The third kappa shape index (κ3) is 3.60. The second-order valence-electron chi connectivity index (χ2n) is 4.32. The molecule has 1 aromatic carbocycles. The zero-order valence-corrected chi connectivity index (χ0v) is 12.6. The van der Waals surface area contributed by atoms with E-state index >= 15 is 0 Å². The number of nitrogens with zero attached hydrogens (tertiary/aromatic N) is 2. The average molecular weight is 309 g/mol. The molecule has 0 saturated carbocycles. The molecule has 0 spiro atoms. The Morgan fingerprint density at radius 1 is 1.29 bits per heavy atom. The molecule has 2 aromatic rings. The van der Waals surface area contributed by atoms with Gasteiger partial charge in [-0.25, -0.2) is 4.98 Å². The molecule has 0 radical (unpaired) electrons. The normalized spacial score (nSPS) is 12.0. The molecule has 1 atom stereocenters. The predicted octanol–water partition coefficient (Wildman–Crippen LogP) is 1.89. The van der Waals surface area contributed by atoms with Gasteiger partial charge in [-0.1, -0.05) is 29.8 Å². The summed E-state index contributed by atoms with van der Waals surface area (Å²) in [6.07, 6.45) is 2.09. The molecular formula is C14H17ClN4O2. The van der Waals surface area contributed by atoms with Crippen LogP contribution in [-0.4, -0.2) is 24.2 Å². The van der Waals surface area contributed by atoms with Crippen LogP contribution in [0.5, 0.6) is 11.8 Å². The Bertz CT molecular complexity index is 609. The maximum absolute atomic E-state index is 6.18. The molecule has 6 nitrogen and oxygen atoms in total. The Balaban J connectivity index is 2.31. The number of hydrogen-bond donors (Lipinski definition) is 2. The Hall–Kier alpha value is -1.89. The number of nitrogens with two attached hydrogens (primary N) is 1. The summed E-state index contributed by atoms with van der Waals surface area (Å²) in [6.45, 7) is 0. The van der Waals surface area contributed by atoms with Crippen molar-refractivity contribution in [1.29, 1.82) is 0 Å². The summed E-state index contributed by atoms with van der Waals surface area (Å²) in [5.41, 5.74) is 4.28. The standard InChI is InChI=1S/C14H17ClN4O2/c1-20-12-8-17-13(14(18-12)21-2)11(19-16)7-9-5-3-4-6-10(9)15/h3-6,8,11,19H,7,16H2,1-2H3. The van der Waals surface area contributed by atoms with Gasteiger partial charge < -0.3 is 9.47 Å². The molecule has 1 aromatic heterocycles. The van der Waals surface area contributed by atoms with E-state index in [4.69, 9.17) is 26.9 Å². The fraction of sp³-hybridized carbons (Fsp3) is 0.286. The summed E-state index contributed by atoms with van der Waals surface area (Å²) in [5, 5.41) is 0.679. The topological polar surface area (TPSA) is 82.3 Å². The fourth-order valence-corrected chi connectivity index (χ4v) is 2.19. The van der Waals surface area contributed by atoms with Crippen LogP contribution in [0.1, 0.15) is 17.3 Å². The van der Waals surface area contributed by atoms with Gasteiger partial charge in [0.25, 0.3) is 0 Å². The molecule has 0 aliphatic carbocycles. The summed E-state index contributed by atoms with van der Waals surface area (Å²) < 4.78 is 10.3. The first kappa shape index (κ1) is 15.5. The van der Waals surface area contributed by atoms with Crippen molar-refractivity contribution in [1.82, 2.24) is 15.4 Å². The number of hydrogen-bond acceptors (Lipinski definition) is 6. The number of ether oxygens (including phenoxy) is 2. The van der Waals surface area contributed by atoms with Crippen LogP contribution in [0.3, 0.4) is 0 Å². The Labute approximate surface area is 128 Å². The van der Waals surface area contributed by atoms with Crippen molar-refractivity contribution in [2.45, 2.75) is 12.5 Å². The Kier molecular flexibility index (Phi) is 5.32. The minimum absolute atomic E-state index is 0.279. The highest BCUT2D eigenvalue weighted by atomic mass is 35.5. The maximum Gasteiger partial charge on any atom is 0.240 e. The van der Waals surface area contributed by atoms with E-state index < -0.39 is 0 Å². The van der Waals surface area contributed by atoms with E-state index in [0.717, 1.165) is 5.56 Å². The van der Waals surface area contributed by atoms with Crippen LogP contribution in [0.2, 0.25) is 5.02 Å². The molecule has 0 bridgehead atoms. The van der Waals surface area contributed by atoms with Gasteiger partial charge in [0.15, 0.2) is 0 Å². The van der Waals surface area contributed by atoms with Gasteiger partial charge in [-0.15, -0.1) is 0 Å². The molecule has 21 heavy (non-hydrogen) atoms. The highest BCUT2D eigenvalue weighted by Crippen LogP contribution is 2.27. The lowest BCUT2D eigenvalue weighted by atomic mass is 10.0. The van der Waals surface area contributed by atoms with Crippen LogP contribution in [0.4, 0.5) is 0 Å². The highest BCUT2D eigenvalue weighted by molar-refractivity contribution is 6.31. The van der Waals surface area contributed by atoms with Gasteiger partial charge >= 0.3 is 0 Å². The number of benzene rings is 1. The lowest BCUT2D eigenvalue weighted by Crippen LogP contribution is -2.31. The largest absolute Gasteiger partial charge is 0.480 e. The quantitative estimate of drug-likeness (QED) is 0.626. The lowest BCUT2D eigenvalue weighted by molar-refractivity contribution is 0.349. The summed E-state index contributed by atoms with van der Waals surface area (Å²) >= 11 is 6.18. The van der Waals surface area contributed by atoms with E-state index in [9.17, 15) is 0 Å². The van der Waals surface area contributed by atoms with Crippen molar-refractivity contribution in [2.24, 2.45) is 5.84 Å². The summed E-state index contributed by atoms with van der Waals surface area (Å²) in [5.74, 6) is 6.39. The average Bonchev–Trinajstić information content (AvgIpc) is 2.53. The number of aromatic nitrogens is 2. The van der Waals surface area contributed by atoms with Gasteiger partial charge in [-0.3, -0.25) is 11.3 Å². The van der Waals surface area contributed by atoms with Crippen molar-refractivity contribution in [3.8, 4) is 11.8 Å². The summed E-state index contributed by atoms with van der Waals surface area (Å²) in [7, 11) is 3.04. The first-order valence-corrected chi connectivity index (χ1v) is 6.71. The van der Waals surface area contributed by atoms with Crippen LogP contribution >= 0.6 is 11.6 Å². The van der Waals surface area contributed by atoms with E-state index in [1.807, 2.05) is 24.3 Å². The third-order valence-corrected chi connectivity index (χ3v) is 3.43. The zero-order chi connectivity index (χ0) is 15.2. The van der Waals surface area contributed by atoms with Crippen LogP contribution in [0.25, 0.3) is 0 Å². The second kappa shape index (κ2) is 7.21. The van der Waals surface area contributed by atoms with Gasteiger partial charge in [0.2, 0.25) is 11.8 Å². The third-order valence-electron chi connectivity index (χ3n) is 3.06. The molecule has 0 aliphatic rings. The van der Waals surface area contributed by atoms with E-state index in [0.29, 0.717) is 28.9 Å². The second-order valence-corrected chi connectivity index (χ2v) is 4.73. The van der Waals surface area contributed by atoms with Crippen LogP contribution in [-0.2, 0) is 6.42 Å². The number of halogens is 1. The van der Waals surface area contributed by atoms with Crippen molar-refractivity contribution in [3.05, 3.63) is 46.7 Å². The minimum Gasteiger partial charge on any atom is -0.480 e. The summed E-state index contributed by atoms with van der Waals surface area (Å²) in [6, 6.07) is 7.30. The first-order valence-electron chi connectivity index (χ1n) is 6.34. The molecule has 7 heteroatoms. The SMILES string of the molecule is COc1cnc(C(Cc2ccccc2Cl)NN)c(OC)n1. The molecule has 0 fully saturated rings. The molecule has 3 N–H and O–H groups in total. The molecule has 0 aliphatic heterocycles. The van der Waals surface area contributed by atoms with Gasteiger partial charge in [0.1, 0.15) is 5.69 Å². The number of nitrogens with one attached hydrogen (secondary N) is 1. The monoisotopic (exact) mass is 308 g/mol. The van der Waals surface area contributed by atoms with Crippen molar-refractivity contribution >= 4 is 11.6 Å². The maximum atomic E-state index is 6.18. The molecule has 0 amide bonds. The highest BCUT2D eigenvalue weighted by Gasteiger charge is 2.20. The minimum atomic E-state index is -0.279. The van der Waals surface area contributed by atoms with Crippen molar-refractivity contribution < 1.29 is 9.47 Å². The van der Waals surface area contributed by atoms with Crippen molar-refractivity contribution in [3.63, 3.8) is 0 Å². The van der Waals surface area contributed by atoms with E-state index in [1.165, 1.54) is 20.4 Å². The number of rotatable bonds is 6. The fourth-order valence-electron chi connectivity index (χ4n) is 1.97. The Morgan fingerprint density at radius 3 is 2.67 bits per heavy atom. The van der Waals surface area contributed by atoms with E-state index in [-0.39, 0.29) is 6.04 Å². The summed E-state index contributed by atoms with van der Waals surface area (Å²) in [4.78, 5) is 8.53. The van der Waals surface area contributed by atoms with Gasteiger partial charge in [0.05, 0.1) is 26.5 Å². The molecule has 1 heterocycles. The molecule has 112 valence electrons. The van der Waals surface area contributed by atoms with Gasteiger partial charge in [0, 0.05) is 5.02 Å². The van der Waals surface area contributed by atoms with E-state index in [1.54, 1.807) is 0 Å². The van der Waals surface area contributed by atoms with Crippen LogP contribution < -0.4 is 20.7 Å². The van der Waals surface area contributed by atoms with Crippen LogP contribution in [0.15, 0.2) is 30.5 Å². The number of hydrazine groups is 1. The lowest BCUT2D eigenvalue weighted by Gasteiger charge is -2.18. The van der Waals surface area contributed by atoms with Gasteiger partial charge in [-0.2, -0.15) is 4.98 Å². The predicted molar refractivity (Wildman–Crippen MR) is 80.4 cm³/mol.